The smallest absolute Gasteiger partial charge is 0.365 e. The van der Waals surface area contributed by atoms with Crippen molar-refractivity contribution in [1.29, 1.82) is 0 Å². The standard InChI is InChI=1S/C19H17F3N2O2/c1-12-6-8-15(9-7-12)18(26)11-16(19(20,21)22)23-24(18)17(25)14-5-3-4-13(2)10-14/h3-10,26H,11H2,1-2H3. The van der Waals surface area contributed by atoms with Crippen molar-refractivity contribution in [3.05, 3.63) is 70.8 Å². The van der Waals surface area contributed by atoms with Crippen LogP contribution in [0.2, 0.25) is 0 Å². The number of rotatable bonds is 2. The Labute approximate surface area is 148 Å². The molecule has 3 rings (SSSR count). The first-order valence-corrected chi connectivity index (χ1v) is 7.97. The van der Waals surface area contributed by atoms with Crippen LogP contribution in [-0.2, 0) is 5.72 Å². The van der Waals surface area contributed by atoms with E-state index in [4.69, 9.17) is 0 Å². The van der Waals surface area contributed by atoms with Gasteiger partial charge in [-0.15, -0.1) is 0 Å². The van der Waals surface area contributed by atoms with Gasteiger partial charge in [0, 0.05) is 11.1 Å². The van der Waals surface area contributed by atoms with E-state index in [1.807, 2.05) is 6.92 Å². The molecular formula is C19H17F3N2O2. The maximum atomic E-state index is 13.2. The summed E-state index contributed by atoms with van der Waals surface area (Å²) in [5.41, 5.74) is -1.41. The zero-order valence-corrected chi connectivity index (χ0v) is 14.2. The summed E-state index contributed by atoms with van der Waals surface area (Å²) in [5.74, 6) is -0.795. The number of carbonyl (C=O) groups is 1. The molecule has 1 N–H and O–H groups in total. The van der Waals surface area contributed by atoms with Crippen molar-refractivity contribution in [2.45, 2.75) is 32.2 Å². The summed E-state index contributed by atoms with van der Waals surface area (Å²) in [5, 5.41) is 15.0. The van der Waals surface area contributed by atoms with Gasteiger partial charge in [-0.3, -0.25) is 4.79 Å². The molecule has 0 aromatic heterocycles. The molecule has 2 aromatic rings. The molecule has 1 atom stereocenters. The Bertz CT molecular complexity index is 875. The first kappa shape index (κ1) is 18.1. The highest BCUT2D eigenvalue weighted by Gasteiger charge is 2.53. The predicted molar refractivity (Wildman–Crippen MR) is 90.5 cm³/mol. The van der Waals surface area contributed by atoms with E-state index in [-0.39, 0.29) is 11.1 Å². The average Bonchev–Trinajstić information content (AvgIpc) is 2.94. The lowest BCUT2D eigenvalue weighted by Crippen LogP contribution is -2.43. The number of amides is 1. The number of aryl methyl sites for hydroxylation is 2. The lowest BCUT2D eigenvalue weighted by atomic mass is 9.95. The van der Waals surface area contributed by atoms with Crippen LogP contribution in [0.4, 0.5) is 13.2 Å². The topological polar surface area (TPSA) is 52.9 Å². The van der Waals surface area contributed by atoms with Gasteiger partial charge in [-0.2, -0.15) is 23.3 Å². The predicted octanol–water partition coefficient (Wildman–Crippen LogP) is 3.91. The van der Waals surface area contributed by atoms with Crippen LogP contribution in [-0.4, -0.2) is 27.9 Å². The van der Waals surface area contributed by atoms with E-state index in [2.05, 4.69) is 5.10 Å². The second-order valence-electron chi connectivity index (χ2n) is 6.39. The monoisotopic (exact) mass is 362 g/mol. The van der Waals surface area contributed by atoms with E-state index >= 15 is 0 Å². The number of alkyl halides is 3. The van der Waals surface area contributed by atoms with Crippen molar-refractivity contribution in [3.8, 4) is 0 Å². The van der Waals surface area contributed by atoms with E-state index < -0.39 is 29.9 Å². The van der Waals surface area contributed by atoms with Crippen molar-refractivity contribution < 1.29 is 23.1 Å². The van der Waals surface area contributed by atoms with Crippen LogP contribution < -0.4 is 0 Å². The summed E-state index contributed by atoms with van der Waals surface area (Å²) in [4.78, 5) is 12.8. The second kappa shape index (κ2) is 6.25. The van der Waals surface area contributed by atoms with Crippen LogP contribution in [0.1, 0.15) is 33.5 Å². The van der Waals surface area contributed by atoms with Crippen molar-refractivity contribution in [2.24, 2.45) is 5.10 Å². The number of hydrogen-bond acceptors (Lipinski definition) is 3. The molecule has 0 aliphatic carbocycles. The van der Waals surface area contributed by atoms with Crippen molar-refractivity contribution in [3.63, 3.8) is 0 Å². The zero-order chi connectivity index (χ0) is 19.1. The van der Waals surface area contributed by atoms with Crippen molar-refractivity contribution in [2.75, 3.05) is 0 Å². The highest BCUT2D eigenvalue weighted by atomic mass is 19.4. The zero-order valence-electron chi connectivity index (χ0n) is 14.2. The van der Waals surface area contributed by atoms with Gasteiger partial charge in [0.15, 0.2) is 5.72 Å². The SMILES string of the molecule is Cc1ccc(C2(O)CC(C(F)(F)F)=NN2C(=O)c2cccc(C)c2)cc1. The summed E-state index contributed by atoms with van der Waals surface area (Å²) in [6, 6.07) is 12.7. The number of benzene rings is 2. The van der Waals surface area contributed by atoms with Crippen LogP contribution in [0.3, 0.4) is 0 Å². The van der Waals surface area contributed by atoms with Crippen LogP contribution in [0, 0.1) is 13.8 Å². The largest absolute Gasteiger partial charge is 0.431 e. The van der Waals surface area contributed by atoms with E-state index in [9.17, 15) is 23.1 Å². The van der Waals surface area contributed by atoms with Crippen LogP contribution in [0.15, 0.2) is 53.6 Å². The summed E-state index contributed by atoms with van der Waals surface area (Å²) >= 11 is 0. The second-order valence-corrected chi connectivity index (χ2v) is 6.39. The van der Waals surface area contributed by atoms with Gasteiger partial charge in [0.2, 0.25) is 0 Å². The fraction of sp³-hybridized carbons (Fsp3) is 0.263. The highest BCUT2D eigenvalue weighted by Crippen LogP contribution is 2.40. The van der Waals surface area contributed by atoms with Gasteiger partial charge in [-0.05, 0) is 26.0 Å². The van der Waals surface area contributed by atoms with Gasteiger partial charge in [-0.25, -0.2) is 0 Å². The normalized spacial score (nSPS) is 20.2. The molecule has 26 heavy (non-hydrogen) atoms. The van der Waals surface area contributed by atoms with Crippen molar-refractivity contribution >= 4 is 11.6 Å². The number of carbonyl (C=O) groups excluding carboxylic acids is 1. The van der Waals surface area contributed by atoms with Gasteiger partial charge in [-0.1, -0.05) is 47.5 Å². The molecule has 0 fully saturated rings. The highest BCUT2D eigenvalue weighted by molar-refractivity contribution is 6.00. The molecule has 1 heterocycles. The lowest BCUT2D eigenvalue weighted by molar-refractivity contribution is -0.0816. The van der Waals surface area contributed by atoms with Crippen molar-refractivity contribution in [1.82, 2.24) is 5.01 Å². The number of hydrazone groups is 1. The van der Waals surface area contributed by atoms with Crippen LogP contribution >= 0.6 is 0 Å². The maximum absolute atomic E-state index is 13.2. The number of aliphatic hydroxyl groups is 1. The number of nitrogens with zero attached hydrogens (tertiary/aromatic N) is 2. The molecule has 4 nitrogen and oxygen atoms in total. The average molecular weight is 362 g/mol. The summed E-state index contributed by atoms with van der Waals surface area (Å²) < 4.78 is 39.6. The fourth-order valence-electron chi connectivity index (χ4n) is 2.86. The van der Waals surface area contributed by atoms with Gasteiger partial charge in [0.05, 0.1) is 6.42 Å². The lowest BCUT2D eigenvalue weighted by Gasteiger charge is -2.31. The molecule has 1 amide bonds. The maximum Gasteiger partial charge on any atom is 0.431 e. The third-order valence-electron chi connectivity index (χ3n) is 4.28. The quantitative estimate of drug-likeness (QED) is 0.881. The molecule has 1 aliphatic rings. The molecule has 7 heteroatoms. The Morgan fingerprint density at radius 3 is 2.35 bits per heavy atom. The molecule has 0 radical (unpaired) electrons. The van der Waals surface area contributed by atoms with Gasteiger partial charge in [0.1, 0.15) is 5.71 Å². The Morgan fingerprint density at radius 1 is 1.12 bits per heavy atom. The van der Waals surface area contributed by atoms with E-state index in [0.717, 1.165) is 11.1 Å². The minimum absolute atomic E-state index is 0.155. The Hall–Kier alpha value is -2.67. The number of hydrogen-bond donors (Lipinski definition) is 1. The molecule has 0 bridgehead atoms. The number of halogens is 3. The minimum Gasteiger partial charge on any atom is -0.365 e. The van der Waals surface area contributed by atoms with E-state index in [1.54, 1.807) is 37.3 Å². The third-order valence-corrected chi connectivity index (χ3v) is 4.28. The first-order valence-electron chi connectivity index (χ1n) is 7.97. The summed E-state index contributed by atoms with van der Waals surface area (Å²) in [7, 11) is 0. The third kappa shape index (κ3) is 3.22. The van der Waals surface area contributed by atoms with E-state index in [0.29, 0.717) is 5.01 Å². The fourth-order valence-corrected chi connectivity index (χ4v) is 2.86. The van der Waals surface area contributed by atoms with Gasteiger partial charge in [0.25, 0.3) is 5.91 Å². The summed E-state index contributed by atoms with van der Waals surface area (Å²) in [6.07, 6.45) is -5.56. The Morgan fingerprint density at radius 2 is 1.77 bits per heavy atom. The van der Waals surface area contributed by atoms with Gasteiger partial charge < -0.3 is 5.11 Å². The molecule has 2 aromatic carbocycles. The molecular weight excluding hydrogens is 345 g/mol. The molecule has 0 saturated heterocycles. The Balaban J connectivity index is 2.08. The minimum atomic E-state index is -4.74. The molecule has 136 valence electrons. The summed E-state index contributed by atoms with van der Waals surface area (Å²) in [6.45, 7) is 3.58. The van der Waals surface area contributed by atoms with Crippen LogP contribution in [0.5, 0.6) is 0 Å². The molecule has 1 unspecified atom stereocenters. The van der Waals surface area contributed by atoms with E-state index in [1.165, 1.54) is 18.2 Å². The molecule has 1 aliphatic heterocycles. The molecule has 0 spiro atoms. The first-order chi connectivity index (χ1) is 12.1. The molecule has 0 saturated carbocycles. The van der Waals surface area contributed by atoms with Gasteiger partial charge >= 0.3 is 6.18 Å². The Kier molecular flexibility index (Phi) is 4.36. The van der Waals surface area contributed by atoms with Crippen LogP contribution in [0.25, 0.3) is 0 Å².